The fourth-order valence-corrected chi connectivity index (χ4v) is 2.14. The van der Waals surface area contributed by atoms with Crippen LogP contribution in [0.5, 0.6) is 0 Å². The van der Waals surface area contributed by atoms with E-state index in [-0.39, 0.29) is 11.3 Å². The van der Waals surface area contributed by atoms with Crippen molar-refractivity contribution in [3.05, 3.63) is 16.5 Å². The molecule has 0 amide bonds. The van der Waals surface area contributed by atoms with Crippen molar-refractivity contribution in [3.8, 4) is 0 Å². The van der Waals surface area contributed by atoms with Crippen LogP contribution in [0.25, 0.3) is 0 Å². The number of rotatable bonds is 7. The lowest BCUT2D eigenvalue weighted by Crippen LogP contribution is -2.27. The fourth-order valence-electron chi connectivity index (χ4n) is 1.93. The van der Waals surface area contributed by atoms with Crippen molar-refractivity contribution in [1.29, 1.82) is 0 Å². The summed E-state index contributed by atoms with van der Waals surface area (Å²) in [5, 5.41) is 3.27. The van der Waals surface area contributed by atoms with Gasteiger partial charge in [-0.2, -0.15) is 4.98 Å². The first-order valence-corrected chi connectivity index (χ1v) is 6.79. The summed E-state index contributed by atoms with van der Waals surface area (Å²) in [6.07, 6.45) is 1.86. The van der Waals surface area contributed by atoms with Gasteiger partial charge in [-0.1, -0.05) is 13.3 Å². The third-order valence-electron chi connectivity index (χ3n) is 2.80. The number of ether oxygens (including phenoxy) is 2. The molecular formula is C13H20ClN3O3. The number of esters is 1. The fraction of sp³-hybridized carbons (Fsp3) is 0.615. The molecule has 1 aromatic heterocycles. The summed E-state index contributed by atoms with van der Waals surface area (Å²) in [5.41, 5.74) is 0.779. The van der Waals surface area contributed by atoms with Crippen LogP contribution < -0.4 is 5.32 Å². The minimum absolute atomic E-state index is 0.0405. The predicted molar refractivity (Wildman–Crippen MR) is 77.3 cm³/mol. The average molecular weight is 302 g/mol. The van der Waals surface area contributed by atoms with Crippen LogP contribution in [0.15, 0.2) is 0 Å². The monoisotopic (exact) mass is 301 g/mol. The molecule has 0 spiro atoms. The lowest BCUT2D eigenvalue weighted by molar-refractivity contribution is 0.0600. The van der Waals surface area contributed by atoms with Crippen molar-refractivity contribution in [1.82, 2.24) is 9.97 Å². The van der Waals surface area contributed by atoms with Crippen LogP contribution >= 0.6 is 11.6 Å². The van der Waals surface area contributed by atoms with Gasteiger partial charge in [0.25, 0.3) is 0 Å². The molecule has 0 aromatic carbocycles. The van der Waals surface area contributed by atoms with Gasteiger partial charge in [-0.25, -0.2) is 9.78 Å². The molecular weight excluding hydrogens is 282 g/mol. The Morgan fingerprint density at radius 2 is 2.10 bits per heavy atom. The molecule has 6 nitrogen and oxygen atoms in total. The maximum absolute atomic E-state index is 11.8. The molecule has 0 bridgehead atoms. The largest absolute Gasteiger partial charge is 0.465 e. The van der Waals surface area contributed by atoms with Crippen molar-refractivity contribution in [2.45, 2.75) is 32.7 Å². The van der Waals surface area contributed by atoms with E-state index in [1.807, 2.05) is 0 Å². The first kappa shape index (κ1) is 16.7. The number of nitrogens with zero attached hydrogens (tertiary/aromatic N) is 2. The molecule has 0 aliphatic heterocycles. The van der Waals surface area contributed by atoms with Gasteiger partial charge in [-0.3, -0.25) is 0 Å². The molecule has 0 aliphatic rings. The van der Waals surface area contributed by atoms with Crippen LogP contribution in [0.1, 0.15) is 35.8 Å². The Hall–Kier alpha value is -1.40. The Labute approximate surface area is 123 Å². The number of carbonyl (C=O) groups is 1. The van der Waals surface area contributed by atoms with Crippen LogP contribution in [0.3, 0.4) is 0 Å². The van der Waals surface area contributed by atoms with Gasteiger partial charge >= 0.3 is 5.97 Å². The van der Waals surface area contributed by atoms with E-state index in [1.165, 1.54) is 7.11 Å². The Morgan fingerprint density at radius 1 is 1.40 bits per heavy atom. The molecule has 0 saturated heterocycles. The van der Waals surface area contributed by atoms with Crippen molar-refractivity contribution in [2.24, 2.45) is 0 Å². The number of carbonyl (C=O) groups excluding carboxylic acids is 1. The summed E-state index contributed by atoms with van der Waals surface area (Å²) in [6, 6.07) is 0.0405. The molecule has 112 valence electrons. The molecule has 0 fully saturated rings. The predicted octanol–water partition coefficient (Wildman–Crippen LogP) is 2.45. The van der Waals surface area contributed by atoms with Crippen molar-refractivity contribution in [3.63, 3.8) is 0 Å². The Morgan fingerprint density at radius 3 is 2.65 bits per heavy atom. The first-order chi connectivity index (χ1) is 9.53. The lowest BCUT2D eigenvalue weighted by atomic mass is 10.1. The Balaban J connectivity index is 3.10. The van der Waals surface area contributed by atoms with Crippen LogP contribution in [0.2, 0.25) is 5.28 Å². The molecule has 0 unspecified atom stereocenters. The minimum Gasteiger partial charge on any atom is -0.465 e. The molecule has 0 aliphatic carbocycles. The van der Waals surface area contributed by atoms with E-state index in [0.717, 1.165) is 12.8 Å². The number of nitrogens with one attached hydrogen (secondary N) is 1. The van der Waals surface area contributed by atoms with E-state index in [9.17, 15) is 4.79 Å². The third kappa shape index (κ3) is 4.31. The number of hydrogen-bond acceptors (Lipinski definition) is 6. The number of methoxy groups -OCH3 is 2. The number of anilines is 1. The maximum Gasteiger partial charge on any atom is 0.343 e. The van der Waals surface area contributed by atoms with E-state index < -0.39 is 5.97 Å². The maximum atomic E-state index is 11.8. The zero-order chi connectivity index (χ0) is 15.1. The summed E-state index contributed by atoms with van der Waals surface area (Å²) in [7, 11) is 2.95. The Kier molecular flexibility index (Phi) is 6.67. The van der Waals surface area contributed by atoms with E-state index in [0.29, 0.717) is 23.7 Å². The normalized spacial score (nSPS) is 12.1. The van der Waals surface area contributed by atoms with Crippen LogP contribution in [-0.4, -0.2) is 42.8 Å². The zero-order valence-corrected chi connectivity index (χ0v) is 13.0. The molecule has 1 rings (SSSR count). The van der Waals surface area contributed by atoms with Crippen LogP contribution in [0, 0.1) is 6.92 Å². The second-order valence-electron chi connectivity index (χ2n) is 4.38. The molecule has 0 radical (unpaired) electrons. The summed E-state index contributed by atoms with van der Waals surface area (Å²) < 4.78 is 9.93. The van der Waals surface area contributed by atoms with Gasteiger partial charge in [0.15, 0.2) is 0 Å². The average Bonchev–Trinajstić information content (AvgIpc) is 2.38. The summed E-state index contributed by atoms with van der Waals surface area (Å²) in [6.45, 7) is 4.27. The molecule has 7 heteroatoms. The van der Waals surface area contributed by atoms with Gasteiger partial charge in [0.1, 0.15) is 11.4 Å². The van der Waals surface area contributed by atoms with Gasteiger partial charge < -0.3 is 14.8 Å². The second kappa shape index (κ2) is 8.01. The SMILES string of the molecule is CCC[C@H](COC)Nc1nc(Cl)nc(C)c1C(=O)OC. The first-order valence-electron chi connectivity index (χ1n) is 6.41. The summed E-state index contributed by atoms with van der Waals surface area (Å²) >= 11 is 5.86. The van der Waals surface area contributed by atoms with Gasteiger partial charge in [-0.15, -0.1) is 0 Å². The third-order valence-corrected chi connectivity index (χ3v) is 2.97. The molecule has 1 aromatic rings. The smallest absolute Gasteiger partial charge is 0.343 e. The van der Waals surface area contributed by atoms with Crippen LogP contribution in [-0.2, 0) is 9.47 Å². The second-order valence-corrected chi connectivity index (χ2v) is 4.72. The van der Waals surface area contributed by atoms with E-state index in [1.54, 1.807) is 14.0 Å². The van der Waals surface area contributed by atoms with Gasteiger partial charge in [0.05, 0.1) is 25.5 Å². The molecule has 0 saturated carbocycles. The molecule has 1 heterocycles. The highest BCUT2D eigenvalue weighted by atomic mass is 35.5. The van der Waals surface area contributed by atoms with Gasteiger partial charge in [0.2, 0.25) is 5.28 Å². The van der Waals surface area contributed by atoms with Gasteiger partial charge in [0, 0.05) is 7.11 Å². The molecule has 1 atom stereocenters. The number of aryl methyl sites for hydroxylation is 1. The van der Waals surface area contributed by atoms with Crippen LogP contribution in [0.4, 0.5) is 5.82 Å². The number of halogens is 1. The highest BCUT2D eigenvalue weighted by Crippen LogP contribution is 2.21. The van der Waals surface area contributed by atoms with E-state index in [2.05, 4.69) is 22.2 Å². The number of hydrogen-bond donors (Lipinski definition) is 1. The number of aromatic nitrogens is 2. The quantitative estimate of drug-likeness (QED) is 0.616. The summed E-state index contributed by atoms with van der Waals surface area (Å²) in [5.74, 6) is -0.112. The standard InChI is InChI=1S/C13H20ClN3O3/c1-5-6-9(7-19-3)16-11-10(12(18)20-4)8(2)15-13(14)17-11/h9H,5-7H2,1-4H3,(H,15,16,17)/t9-/m1/s1. The zero-order valence-electron chi connectivity index (χ0n) is 12.2. The van der Waals surface area contributed by atoms with Crippen molar-refractivity contribution in [2.75, 3.05) is 26.1 Å². The topological polar surface area (TPSA) is 73.3 Å². The minimum atomic E-state index is -0.491. The van der Waals surface area contributed by atoms with Crippen molar-refractivity contribution < 1.29 is 14.3 Å². The van der Waals surface area contributed by atoms with Gasteiger partial charge in [-0.05, 0) is 24.9 Å². The van der Waals surface area contributed by atoms with E-state index >= 15 is 0 Å². The van der Waals surface area contributed by atoms with E-state index in [4.69, 9.17) is 21.1 Å². The molecule has 1 N–H and O–H groups in total. The Bertz CT molecular complexity index is 462. The molecule has 20 heavy (non-hydrogen) atoms. The summed E-state index contributed by atoms with van der Waals surface area (Å²) in [4.78, 5) is 19.9. The lowest BCUT2D eigenvalue weighted by Gasteiger charge is -2.20. The van der Waals surface area contributed by atoms with Crippen molar-refractivity contribution >= 4 is 23.4 Å². The highest BCUT2D eigenvalue weighted by molar-refractivity contribution is 6.28. The highest BCUT2D eigenvalue weighted by Gasteiger charge is 2.21.